The molecule has 1 saturated heterocycles. The van der Waals surface area contributed by atoms with Crippen molar-refractivity contribution in [3.8, 4) is 0 Å². The van der Waals surface area contributed by atoms with Crippen LogP contribution in [-0.4, -0.2) is 60.9 Å². The molecule has 0 aliphatic carbocycles. The first-order chi connectivity index (χ1) is 7.68. The van der Waals surface area contributed by atoms with Crippen molar-refractivity contribution in [2.75, 3.05) is 41.2 Å². The Morgan fingerprint density at radius 2 is 1.88 bits per heavy atom. The maximum absolute atomic E-state index is 5.44. The number of hydrogen-bond acceptors (Lipinski definition) is 6. The highest BCUT2D eigenvalue weighted by Gasteiger charge is 2.45. The highest BCUT2D eigenvalue weighted by molar-refractivity contribution is 7.83. The average Bonchev–Trinajstić information content (AvgIpc) is 3.11. The third kappa shape index (κ3) is 3.99. The van der Waals surface area contributed by atoms with E-state index in [1.54, 1.807) is 21.3 Å². The predicted molar refractivity (Wildman–Crippen MR) is 64.7 cm³/mol. The lowest BCUT2D eigenvalue weighted by molar-refractivity contribution is 0.0979. The summed E-state index contributed by atoms with van der Waals surface area (Å²) in [5.41, 5.74) is 0. The number of hydrogen-bond donors (Lipinski definition) is 1. The van der Waals surface area contributed by atoms with Crippen molar-refractivity contribution >= 4 is 21.4 Å². The van der Waals surface area contributed by atoms with Crippen molar-refractivity contribution < 1.29 is 22.8 Å². The Hall–Kier alpha value is 0.367. The van der Waals surface area contributed by atoms with E-state index in [1.165, 1.54) is 0 Å². The van der Waals surface area contributed by atoms with Gasteiger partial charge in [0.1, 0.15) is 6.10 Å². The molecular formula is C9H20O5SSi. The van der Waals surface area contributed by atoms with Crippen LogP contribution < -0.4 is 0 Å². The lowest BCUT2D eigenvalue weighted by Crippen LogP contribution is -2.52. The van der Waals surface area contributed by atoms with E-state index in [-0.39, 0.29) is 4.87 Å². The molecule has 0 aromatic rings. The van der Waals surface area contributed by atoms with E-state index < -0.39 is 8.80 Å². The summed E-state index contributed by atoms with van der Waals surface area (Å²) in [5.74, 6) is 0. The molecule has 1 fully saturated rings. The predicted octanol–water partition coefficient (Wildman–Crippen LogP) is 0.508. The van der Waals surface area contributed by atoms with Gasteiger partial charge < -0.3 is 22.8 Å². The Labute approximate surface area is 103 Å². The van der Waals surface area contributed by atoms with Gasteiger partial charge in [-0.15, -0.1) is 0 Å². The maximum atomic E-state index is 5.44. The fraction of sp³-hybridized carbons (Fsp3) is 1.00. The van der Waals surface area contributed by atoms with Gasteiger partial charge in [0, 0.05) is 27.9 Å². The molecule has 1 aliphatic heterocycles. The van der Waals surface area contributed by atoms with Crippen LogP contribution >= 0.6 is 12.6 Å². The second kappa shape index (κ2) is 6.95. The van der Waals surface area contributed by atoms with Crippen molar-refractivity contribution in [1.82, 2.24) is 0 Å². The van der Waals surface area contributed by atoms with Crippen LogP contribution in [-0.2, 0) is 22.8 Å². The monoisotopic (exact) mass is 268 g/mol. The minimum Gasteiger partial charge on any atom is -0.379 e. The van der Waals surface area contributed by atoms with Gasteiger partial charge in [0.25, 0.3) is 0 Å². The highest BCUT2D eigenvalue weighted by atomic mass is 32.1. The molecule has 1 aliphatic rings. The fourth-order valence-corrected chi connectivity index (χ4v) is 4.25. The van der Waals surface area contributed by atoms with Gasteiger partial charge in [-0.2, -0.15) is 12.6 Å². The number of thiol groups is 1. The van der Waals surface area contributed by atoms with E-state index in [2.05, 4.69) is 12.6 Å². The van der Waals surface area contributed by atoms with Gasteiger partial charge in [-0.3, -0.25) is 0 Å². The molecule has 1 rings (SSSR count). The van der Waals surface area contributed by atoms with Crippen molar-refractivity contribution in [1.29, 1.82) is 0 Å². The molecule has 16 heavy (non-hydrogen) atoms. The molecule has 0 spiro atoms. The van der Waals surface area contributed by atoms with Crippen molar-refractivity contribution in [3.05, 3.63) is 0 Å². The number of ether oxygens (including phenoxy) is 2. The van der Waals surface area contributed by atoms with E-state index >= 15 is 0 Å². The fourth-order valence-electron chi connectivity index (χ4n) is 1.41. The first-order valence-electron chi connectivity index (χ1n) is 5.21. The summed E-state index contributed by atoms with van der Waals surface area (Å²) in [5, 5.41) is 0. The van der Waals surface area contributed by atoms with E-state index in [1.807, 2.05) is 0 Å². The Morgan fingerprint density at radius 1 is 1.31 bits per heavy atom. The molecule has 5 nitrogen and oxygen atoms in total. The zero-order chi connectivity index (χ0) is 12.0. The van der Waals surface area contributed by atoms with Gasteiger partial charge in [-0.1, -0.05) is 0 Å². The van der Waals surface area contributed by atoms with Crippen LogP contribution in [0.25, 0.3) is 0 Å². The Kier molecular flexibility index (Phi) is 6.26. The maximum Gasteiger partial charge on any atom is 0.513 e. The van der Waals surface area contributed by atoms with Gasteiger partial charge in [0.05, 0.1) is 18.1 Å². The summed E-state index contributed by atoms with van der Waals surface area (Å²) in [6.07, 6.45) is 1.03. The average molecular weight is 268 g/mol. The molecular weight excluding hydrogens is 248 g/mol. The van der Waals surface area contributed by atoms with Crippen molar-refractivity contribution in [2.45, 2.75) is 17.4 Å². The lowest BCUT2D eigenvalue weighted by Gasteiger charge is -2.29. The standard InChI is InChI=1S/C9H20O5SSi/c1-10-16(11-2,12-3)9(15)4-5-13-6-8-7-14-8/h8-9,15H,4-7H2,1-3H3. The van der Waals surface area contributed by atoms with Crippen LogP contribution in [0.1, 0.15) is 6.42 Å². The quantitative estimate of drug-likeness (QED) is 0.286. The summed E-state index contributed by atoms with van der Waals surface area (Å²) in [6, 6.07) is 0. The van der Waals surface area contributed by atoms with Crippen LogP contribution in [0.15, 0.2) is 0 Å². The smallest absolute Gasteiger partial charge is 0.379 e. The first-order valence-corrected chi connectivity index (χ1v) is 7.53. The summed E-state index contributed by atoms with van der Waals surface area (Å²) in [7, 11) is 2.12. The zero-order valence-electron chi connectivity index (χ0n) is 9.97. The molecule has 2 unspecified atom stereocenters. The SMILES string of the molecule is CO[Si](OC)(OC)C(S)CCOCC1CO1. The second-order valence-electron chi connectivity index (χ2n) is 3.55. The third-order valence-electron chi connectivity index (χ3n) is 2.50. The van der Waals surface area contributed by atoms with Crippen LogP contribution in [0.3, 0.4) is 0 Å². The Morgan fingerprint density at radius 3 is 2.31 bits per heavy atom. The van der Waals surface area contributed by atoms with Crippen molar-refractivity contribution in [3.63, 3.8) is 0 Å². The topological polar surface area (TPSA) is 49.5 Å². The largest absolute Gasteiger partial charge is 0.513 e. The van der Waals surface area contributed by atoms with E-state index in [9.17, 15) is 0 Å². The molecule has 7 heteroatoms. The molecule has 0 bridgehead atoms. The molecule has 0 saturated carbocycles. The second-order valence-corrected chi connectivity index (χ2v) is 7.79. The minimum absolute atomic E-state index is 0.0763. The molecule has 0 radical (unpaired) electrons. The zero-order valence-corrected chi connectivity index (χ0v) is 11.9. The molecule has 96 valence electrons. The van der Waals surface area contributed by atoms with Gasteiger partial charge >= 0.3 is 8.80 Å². The van der Waals surface area contributed by atoms with Crippen LogP contribution in [0, 0.1) is 0 Å². The van der Waals surface area contributed by atoms with E-state index in [4.69, 9.17) is 22.8 Å². The number of rotatable bonds is 9. The summed E-state index contributed by atoms with van der Waals surface area (Å²) in [6.45, 7) is 2.08. The van der Waals surface area contributed by atoms with Crippen LogP contribution in [0.4, 0.5) is 0 Å². The lowest BCUT2D eigenvalue weighted by atomic mass is 10.5. The summed E-state index contributed by atoms with van der Waals surface area (Å²) >= 11 is 4.47. The van der Waals surface area contributed by atoms with Gasteiger partial charge in [0.2, 0.25) is 0 Å². The first kappa shape index (κ1) is 14.4. The van der Waals surface area contributed by atoms with Gasteiger partial charge in [0.15, 0.2) is 0 Å². The normalized spacial score (nSPS) is 22.1. The van der Waals surface area contributed by atoms with Crippen molar-refractivity contribution in [2.24, 2.45) is 0 Å². The van der Waals surface area contributed by atoms with Crippen LogP contribution in [0.2, 0.25) is 0 Å². The van der Waals surface area contributed by atoms with Crippen LogP contribution in [0.5, 0.6) is 0 Å². The molecule has 0 aromatic carbocycles. The molecule has 2 atom stereocenters. The third-order valence-corrected chi connectivity index (χ3v) is 6.52. The molecule has 0 amide bonds. The highest BCUT2D eigenvalue weighted by Crippen LogP contribution is 2.20. The van der Waals surface area contributed by atoms with E-state index in [0.717, 1.165) is 13.0 Å². The summed E-state index contributed by atoms with van der Waals surface area (Å²) < 4.78 is 26.5. The number of epoxide rings is 1. The van der Waals surface area contributed by atoms with Gasteiger partial charge in [-0.25, -0.2) is 0 Å². The summed E-state index contributed by atoms with van der Waals surface area (Å²) in [4.78, 5) is -0.0763. The van der Waals surface area contributed by atoms with Gasteiger partial charge in [-0.05, 0) is 6.42 Å². The molecule has 0 aromatic heterocycles. The molecule has 0 N–H and O–H groups in total. The minimum atomic E-state index is -2.63. The molecule has 1 heterocycles. The Bertz CT molecular complexity index is 190. The Balaban J connectivity index is 2.21. The van der Waals surface area contributed by atoms with E-state index in [0.29, 0.717) is 19.3 Å².